The molecule has 1 heterocycles. The summed E-state index contributed by atoms with van der Waals surface area (Å²) in [6.45, 7) is 1.94. The molecule has 30 heavy (non-hydrogen) atoms. The van der Waals surface area contributed by atoms with Gasteiger partial charge in [0.2, 0.25) is 11.7 Å². The third kappa shape index (κ3) is 4.33. The zero-order chi connectivity index (χ0) is 21.1. The molecule has 1 fully saturated rings. The number of methoxy groups -OCH3 is 1. The lowest BCUT2D eigenvalue weighted by Crippen LogP contribution is -2.13. The number of ether oxygens (including phenoxy) is 1. The molecule has 0 amide bonds. The monoisotopic (exact) mass is 427 g/mol. The van der Waals surface area contributed by atoms with Gasteiger partial charge in [0.05, 0.1) is 17.6 Å². The highest BCUT2D eigenvalue weighted by molar-refractivity contribution is 7.92. The highest BCUT2D eigenvalue weighted by Crippen LogP contribution is 2.35. The lowest BCUT2D eigenvalue weighted by molar-refractivity contribution is 0.314. The largest absolute Gasteiger partial charge is 0.496 e. The van der Waals surface area contributed by atoms with Crippen LogP contribution in [0.3, 0.4) is 0 Å². The average molecular weight is 428 g/mol. The zero-order valence-electron chi connectivity index (χ0n) is 17.1. The van der Waals surface area contributed by atoms with Gasteiger partial charge in [-0.05, 0) is 50.1 Å². The molecule has 0 atom stereocenters. The maximum atomic E-state index is 12.9. The number of hydrogen-bond donors (Lipinski definition) is 1. The van der Waals surface area contributed by atoms with Crippen molar-refractivity contribution in [3.8, 4) is 17.1 Å². The Labute approximate surface area is 176 Å². The van der Waals surface area contributed by atoms with E-state index in [4.69, 9.17) is 9.26 Å². The molecule has 4 rings (SSSR count). The van der Waals surface area contributed by atoms with Gasteiger partial charge in [-0.25, -0.2) is 8.42 Å². The lowest BCUT2D eigenvalue weighted by atomic mass is 9.89. The first-order chi connectivity index (χ1) is 14.5. The molecule has 0 spiro atoms. The van der Waals surface area contributed by atoms with E-state index in [1.54, 1.807) is 18.2 Å². The van der Waals surface area contributed by atoms with Crippen LogP contribution in [0.5, 0.6) is 5.75 Å². The number of nitrogens with zero attached hydrogens (tertiary/aromatic N) is 2. The standard InChI is InChI=1S/C22H25N3O4S/c1-15-8-10-17(11-9-15)25-30(26,27)18-12-13-20(28-2)19(14-18)21-23-22(29-24-21)16-6-4-3-5-7-16/h8-14,16,25H,3-7H2,1-2H3. The van der Waals surface area contributed by atoms with E-state index in [0.29, 0.717) is 28.7 Å². The van der Waals surface area contributed by atoms with Gasteiger partial charge in [0, 0.05) is 11.6 Å². The predicted molar refractivity (Wildman–Crippen MR) is 114 cm³/mol. The Morgan fingerprint density at radius 2 is 1.80 bits per heavy atom. The van der Waals surface area contributed by atoms with Gasteiger partial charge in [-0.2, -0.15) is 4.98 Å². The molecule has 1 aliphatic rings. The average Bonchev–Trinajstić information content (AvgIpc) is 3.25. The Bertz CT molecular complexity index is 1120. The Morgan fingerprint density at radius 3 is 2.50 bits per heavy atom. The van der Waals surface area contributed by atoms with Crippen molar-refractivity contribution in [3.05, 3.63) is 53.9 Å². The zero-order valence-corrected chi connectivity index (χ0v) is 17.9. The first-order valence-corrected chi connectivity index (χ1v) is 11.6. The van der Waals surface area contributed by atoms with Gasteiger partial charge in [-0.3, -0.25) is 4.72 Å². The van der Waals surface area contributed by atoms with Crippen LogP contribution >= 0.6 is 0 Å². The van der Waals surface area contributed by atoms with Gasteiger partial charge in [0.15, 0.2) is 0 Å². The van der Waals surface area contributed by atoms with Gasteiger partial charge in [0.25, 0.3) is 10.0 Å². The van der Waals surface area contributed by atoms with Crippen LogP contribution in [0.1, 0.15) is 49.5 Å². The summed E-state index contributed by atoms with van der Waals surface area (Å²) in [6, 6.07) is 11.8. The predicted octanol–water partition coefficient (Wildman–Crippen LogP) is 4.90. The topological polar surface area (TPSA) is 94.3 Å². The summed E-state index contributed by atoms with van der Waals surface area (Å²) in [5.74, 6) is 1.69. The third-order valence-electron chi connectivity index (χ3n) is 5.42. The fourth-order valence-electron chi connectivity index (χ4n) is 3.72. The summed E-state index contributed by atoms with van der Waals surface area (Å²) in [5.41, 5.74) is 2.03. The molecule has 1 saturated carbocycles. The lowest BCUT2D eigenvalue weighted by Gasteiger charge is -2.17. The van der Waals surface area contributed by atoms with Crippen molar-refractivity contribution in [3.63, 3.8) is 0 Å². The fraction of sp³-hybridized carbons (Fsp3) is 0.364. The highest BCUT2D eigenvalue weighted by atomic mass is 32.2. The molecule has 1 N–H and O–H groups in total. The summed E-state index contributed by atoms with van der Waals surface area (Å²) >= 11 is 0. The molecule has 0 saturated heterocycles. The summed E-state index contributed by atoms with van der Waals surface area (Å²) in [4.78, 5) is 4.66. The van der Waals surface area contributed by atoms with Crippen LogP contribution in [0, 0.1) is 6.92 Å². The number of sulfonamides is 1. The molecule has 3 aromatic rings. The maximum Gasteiger partial charge on any atom is 0.261 e. The molecule has 0 radical (unpaired) electrons. The summed E-state index contributed by atoms with van der Waals surface area (Å²) < 4.78 is 39.3. The molecule has 158 valence electrons. The molecule has 7 nitrogen and oxygen atoms in total. The van der Waals surface area contributed by atoms with Crippen LogP contribution in [0.4, 0.5) is 5.69 Å². The van der Waals surface area contributed by atoms with Crippen LogP contribution in [-0.4, -0.2) is 25.7 Å². The number of benzene rings is 2. The molecule has 0 aliphatic heterocycles. The Balaban J connectivity index is 1.65. The Morgan fingerprint density at radius 1 is 1.07 bits per heavy atom. The van der Waals surface area contributed by atoms with E-state index in [2.05, 4.69) is 14.9 Å². The number of rotatable bonds is 6. The number of hydrogen-bond acceptors (Lipinski definition) is 6. The van der Waals surface area contributed by atoms with Crippen LogP contribution < -0.4 is 9.46 Å². The normalized spacial score (nSPS) is 15.1. The van der Waals surface area contributed by atoms with E-state index >= 15 is 0 Å². The van der Waals surface area contributed by atoms with E-state index in [-0.39, 0.29) is 10.8 Å². The first-order valence-electron chi connectivity index (χ1n) is 10.1. The molecule has 0 bridgehead atoms. The quantitative estimate of drug-likeness (QED) is 0.601. The van der Waals surface area contributed by atoms with E-state index in [9.17, 15) is 8.42 Å². The van der Waals surface area contributed by atoms with E-state index < -0.39 is 10.0 Å². The van der Waals surface area contributed by atoms with Crippen molar-refractivity contribution in [2.24, 2.45) is 0 Å². The third-order valence-corrected chi connectivity index (χ3v) is 6.80. The molecular weight excluding hydrogens is 402 g/mol. The minimum absolute atomic E-state index is 0.0999. The van der Waals surface area contributed by atoms with Crippen molar-refractivity contribution < 1.29 is 17.7 Å². The second-order valence-corrected chi connectivity index (χ2v) is 9.31. The second kappa shape index (κ2) is 8.47. The van der Waals surface area contributed by atoms with Crippen LogP contribution in [-0.2, 0) is 10.0 Å². The van der Waals surface area contributed by atoms with Crippen molar-refractivity contribution in [1.82, 2.24) is 10.1 Å². The van der Waals surface area contributed by atoms with Crippen molar-refractivity contribution in [2.75, 3.05) is 11.8 Å². The van der Waals surface area contributed by atoms with Gasteiger partial charge >= 0.3 is 0 Å². The number of nitrogens with one attached hydrogen (secondary N) is 1. The summed E-state index contributed by atoms with van der Waals surface area (Å²) in [6.07, 6.45) is 5.62. The molecule has 1 aromatic heterocycles. The molecule has 8 heteroatoms. The molecule has 2 aromatic carbocycles. The minimum atomic E-state index is -3.79. The Kier molecular flexibility index (Phi) is 5.76. The van der Waals surface area contributed by atoms with Crippen molar-refractivity contribution >= 4 is 15.7 Å². The van der Waals surface area contributed by atoms with Gasteiger partial charge in [0.1, 0.15) is 5.75 Å². The SMILES string of the molecule is COc1ccc(S(=O)(=O)Nc2ccc(C)cc2)cc1-c1noc(C2CCCCC2)n1. The smallest absolute Gasteiger partial charge is 0.261 e. The second-order valence-electron chi connectivity index (χ2n) is 7.62. The van der Waals surface area contributed by atoms with Crippen molar-refractivity contribution in [1.29, 1.82) is 0 Å². The minimum Gasteiger partial charge on any atom is -0.496 e. The number of anilines is 1. The van der Waals surface area contributed by atoms with E-state index in [0.717, 1.165) is 31.2 Å². The van der Waals surface area contributed by atoms with E-state index in [1.807, 2.05) is 19.1 Å². The van der Waals surface area contributed by atoms with E-state index in [1.165, 1.54) is 25.7 Å². The number of aromatic nitrogens is 2. The van der Waals surface area contributed by atoms with Crippen LogP contribution in [0.25, 0.3) is 11.4 Å². The molecule has 0 unspecified atom stereocenters. The fourth-order valence-corrected chi connectivity index (χ4v) is 4.81. The first kappa shape index (κ1) is 20.4. The van der Waals surface area contributed by atoms with Crippen LogP contribution in [0.2, 0.25) is 0 Å². The molecular formula is C22H25N3O4S. The summed E-state index contributed by atoms with van der Waals surface area (Å²) in [5, 5.41) is 4.11. The summed E-state index contributed by atoms with van der Waals surface area (Å²) in [7, 11) is -2.26. The van der Waals surface area contributed by atoms with Gasteiger partial charge in [-0.1, -0.05) is 42.1 Å². The Hall–Kier alpha value is -2.87. The van der Waals surface area contributed by atoms with Gasteiger partial charge in [-0.15, -0.1) is 0 Å². The maximum absolute atomic E-state index is 12.9. The van der Waals surface area contributed by atoms with Crippen LogP contribution in [0.15, 0.2) is 51.9 Å². The van der Waals surface area contributed by atoms with Gasteiger partial charge < -0.3 is 9.26 Å². The number of aryl methyl sites for hydroxylation is 1. The van der Waals surface area contributed by atoms with Crippen molar-refractivity contribution in [2.45, 2.75) is 49.8 Å². The highest BCUT2D eigenvalue weighted by Gasteiger charge is 2.24. The molecule has 1 aliphatic carbocycles.